The molecule has 0 aliphatic carbocycles. The summed E-state index contributed by atoms with van der Waals surface area (Å²) in [5.41, 5.74) is -1.13. The van der Waals surface area contributed by atoms with Gasteiger partial charge < -0.3 is 39.8 Å². The van der Waals surface area contributed by atoms with E-state index in [1.807, 2.05) is 0 Å². The topological polar surface area (TPSA) is 161 Å². The van der Waals surface area contributed by atoms with Crippen molar-refractivity contribution < 1.29 is 39.8 Å². The minimum atomic E-state index is -1.48. The van der Waals surface area contributed by atoms with E-state index >= 15 is 0 Å². The number of ether oxygens (including phenoxy) is 1. The van der Waals surface area contributed by atoms with E-state index in [0.29, 0.717) is 5.56 Å². The van der Waals surface area contributed by atoms with Crippen molar-refractivity contribution in [3.05, 3.63) is 64.0 Å². The fourth-order valence-corrected chi connectivity index (χ4v) is 3.04. The Hall–Kier alpha value is -2.47. The molecule has 10 heteroatoms. The van der Waals surface area contributed by atoms with Crippen LogP contribution in [0.1, 0.15) is 17.2 Å². The van der Waals surface area contributed by atoms with E-state index < -0.39 is 45.9 Å². The monoisotopic (exact) mass is 437 g/mol. The molecule has 4 rings (SSSR count). The quantitative estimate of drug-likeness (QED) is 0.260. The van der Waals surface area contributed by atoms with E-state index in [0.717, 1.165) is 12.3 Å². The number of hydrogen-bond acceptors (Lipinski definition) is 9. The van der Waals surface area contributed by atoms with Crippen LogP contribution in [0.5, 0.6) is 34.5 Å². The molecule has 2 heterocycles. The number of rotatable bonds is 2. The number of fused-ring (bicyclic) bond motifs is 1. The molecule has 0 bridgehead atoms. The predicted octanol–water partition coefficient (Wildman–Crippen LogP) is 1.92. The molecule has 0 saturated carbocycles. The molecular weight excluding hydrogens is 423 g/mol. The van der Waals surface area contributed by atoms with Crippen LogP contribution < -0.4 is 10.2 Å². The van der Waals surface area contributed by atoms with Crippen molar-refractivity contribution in [3.8, 4) is 45.8 Å². The molecule has 0 spiro atoms. The summed E-state index contributed by atoms with van der Waals surface area (Å²) in [7, 11) is 0. The van der Waals surface area contributed by atoms with Crippen LogP contribution in [0, 0.1) is 0 Å². The van der Waals surface area contributed by atoms with Gasteiger partial charge in [-0.3, -0.25) is 4.79 Å². The Morgan fingerprint density at radius 1 is 0.833 bits per heavy atom. The fraction of sp³-hybridized carbons (Fsp3) is 0.0500. The van der Waals surface area contributed by atoms with Crippen LogP contribution in [0.15, 0.2) is 51.9 Å². The second-order valence-electron chi connectivity index (χ2n) is 6.25. The van der Waals surface area contributed by atoms with Gasteiger partial charge in [0.1, 0.15) is 23.2 Å². The van der Waals surface area contributed by atoms with Gasteiger partial charge >= 0.3 is 0 Å². The van der Waals surface area contributed by atoms with Crippen LogP contribution >= 0.6 is 0 Å². The largest absolute Gasteiger partial charge is 0.508 e. The maximum atomic E-state index is 11.8. The third-order valence-electron chi connectivity index (χ3n) is 4.46. The zero-order valence-corrected chi connectivity index (χ0v) is 18.6. The maximum Gasteiger partial charge on any atom is 0.227 e. The number of aromatic hydroxyl groups is 5. The van der Waals surface area contributed by atoms with Crippen molar-refractivity contribution in [1.29, 1.82) is 0 Å². The van der Waals surface area contributed by atoms with Crippen LogP contribution in [0.4, 0.5) is 0 Å². The Labute approximate surface area is 211 Å². The standard InChI is InChI=1S/C20H14O9.K/c21-9-3-1-8(2-4-9)12-7-11(23)13-16(25)18(27)17(26)14(19(13)29-12)20-15(24)10(22)5-6-28-20;/h1-7,11,21,23-27H;. The molecule has 9 nitrogen and oxygen atoms in total. The first-order valence-electron chi connectivity index (χ1n) is 8.28. The summed E-state index contributed by atoms with van der Waals surface area (Å²) >= 11 is 0. The third kappa shape index (κ3) is 3.58. The van der Waals surface area contributed by atoms with Crippen molar-refractivity contribution >= 4 is 57.1 Å². The van der Waals surface area contributed by atoms with Gasteiger partial charge in [0.25, 0.3) is 0 Å². The summed E-state index contributed by atoms with van der Waals surface area (Å²) in [6.07, 6.45) is 0.712. The molecule has 1 aromatic heterocycles. The van der Waals surface area contributed by atoms with Gasteiger partial charge in [0.15, 0.2) is 23.0 Å². The van der Waals surface area contributed by atoms with Crippen LogP contribution in [0.2, 0.25) is 0 Å². The summed E-state index contributed by atoms with van der Waals surface area (Å²) in [6.45, 7) is 0. The first-order valence-corrected chi connectivity index (χ1v) is 8.28. The number of benzene rings is 2. The SMILES string of the molecule is O=c1ccoc(-c2c(O)c(O)c(O)c3c2OC(c2ccc(O)cc2)=CC3O)c1O.[K]. The van der Waals surface area contributed by atoms with E-state index in [9.17, 15) is 35.4 Å². The minimum Gasteiger partial charge on any atom is -0.508 e. The molecule has 0 saturated heterocycles. The molecule has 1 aliphatic heterocycles. The van der Waals surface area contributed by atoms with E-state index in [1.165, 1.54) is 30.3 Å². The third-order valence-corrected chi connectivity index (χ3v) is 4.46. The summed E-state index contributed by atoms with van der Waals surface area (Å²) in [5.74, 6) is -4.39. The molecule has 6 N–H and O–H groups in total. The first-order chi connectivity index (χ1) is 13.8. The number of phenolic OH excluding ortho intramolecular Hbond substituents is 4. The Bertz CT molecular complexity index is 1210. The van der Waals surface area contributed by atoms with Gasteiger partial charge in [0.05, 0.1) is 11.8 Å². The Morgan fingerprint density at radius 3 is 2.17 bits per heavy atom. The number of aliphatic hydroxyl groups excluding tert-OH is 1. The summed E-state index contributed by atoms with van der Waals surface area (Å²) in [5, 5.41) is 60.7. The maximum absolute atomic E-state index is 11.8. The van der Waals surface area contributed by atoms with Crippen molar-refractivity contribution in [1.82, 2.24) is 0 Å². The average Bonchev–Trinajstić information content (AvgIpc) is 2.69. The smallest absolute Gasteiger partial charge is 0.227 e. The van der Waals surface area contributed by atoms with E-state index in [4.69, 9.17) is 9.15 Å². The van der Waals surface area contributed by atoms with Gasteiger partial charge in [-0.25, -0.2) is 0 Å². The summed E-state index contributed by atoms with van der Waals surface area (Å²) in [4.78, 5) is 11.8. The van der Waals surface area contributed by atoms with Gasteiger partial charge in [0.2, 0.25) is 16.9 Å². The molecule has 1 atom stereocenters. The van der Waals surface area contributed by atoms with Crippen LogP contribution in [0.3, 0.4) is 0 Å². The second kappa shape index (κ2) is 8.34. The molecule has 30 heavy (non-hydrogen) atoms. The van der Waals surface area contributed by atoms with Crippen LogP contribution in [-0.4, -0.2) is 82.0 Å². The number of hydrogen-bond donors (Lipinski definition) is 6. The predicted molar refractivity (Wildman–Crippen MR) is 104 cm³/mol. The zero-order chi connectivity index (χ0) is 20.9. The number of phenols is 4. The van der Waals surface area contributed by atoms with Gasteiger partial charge in [-0.1, -0.05) is 0 Å². The summed E-state index contributed by atoms with van der Waals surface area (Å²) in [6, 6.07) is 6.71. The normalized spacial score (nSPS) is 14.8. The molecule has 1 radical (unpaired) electrons. The molecule has 3 aromatic rings. The first kappa shape index (κ1) is 22.2. The van der Waals surface area contributed by atoms with Crippen LogP contribution in [0.25, 0.3) is 17.1 Å². The average molecular weight is 437 g/mol. The van der Waals surface area contributed by atoms with Crippen LogP contribution in [-0.2, 0) is 0 Å². The van der Waals surface area contributed by atoms with Gasteiger partial charge in [-0.15, -0.1) is 0 Å². The number of aliphatic hydroxyl groups is 1. The van der Waals surface area contributed by atoms with Gasteiger partial charge in [0, 0.05) is 63.0 Å². The van der Waals surface area contributed by atoms with Gasteiger partial charge in [-0.05, 0) is 30.3 Å². The summed E-state index contributed by atoms with van der Waals surface area (Å²) < 4.78 is 10.9. The van der Waals surface area contributed by atoms with Crippen molar-refractivity contribution in [2.75, 3.05) is 0 Å². The van der Waals surface area contributed by atoms with Gasteiger partial charge in [-0.2, -0.15) is 0 Å². The van der Waals surface area contributed by atoms with E-state index in [1.54, 1.807) is 0 Å². The molecule has 2 aromatic carbocycles. The second-order valence-corrected chi connectivity index (χ2v) is 6.25. The molecule has 1 aliphatic rings. The van der Waals surface area contributed by atoms with Crippen molar-refractivity contribution in [3.63, 3.8) is 0 Å². The molecule has 0 fully saturated rings. The van der Waals surface area contributed by atoms with E-state index in [-0.39, 0.29) is 74.2 Å². The Balaban J connectivity index is 0.00000256. The minimum absolute atomic E-state index is 0. The Morgan fingerprint density at radius 2 is 1.50 bits per heavy atom. The fourth-order valence-electron chi connectivity index (χ4n) is 3.04. The molecule has 1 unspecified atom stereocenters. The van der Waals surface area contributed by atoms with Crippen molar-refractivity contribution in [2.45, 2.75) is 6.10 Å². The van der Waals surface area contributed by atoms with Crippen molar-refractivity contribution in [2.24, 2.45) is 0 Å². The van der Waals surface area contributed by atoms with E-state index in [2.05, 4.69) is 0 Å². The zero-order valence-electron chi connectivity index (χ0n) is 15.5. The molecule has 0 amide bonds. The Kier molecular flexibility index (Phi) is 6.18. The molecule has 149 valence electrons. The molecular formula is C20H14KO9.